The van der Waals surface area contributed by atoms with Gasteiger partial charge in [0.05, 0.1) is 11.1 Å². The standard InChI is InChI=1S/C15H13F3N2O3/c1-19-11(15(16,17)18)7-6-10(14(19)23)20-12(21)8-4-2-3-5-9(8)13(20)22/h2-5,10-11H,6-7H2,1H3/t10-,11+/m0/s1. The van der Waals surface area contributed by atoms with Gasteiger partial charge in [0, 0.05) is 7.05 Å². The van der Waals surface area contributed by atoms with E-state index in [1.807, 2.05) is 0 Å². The Bertz CT molecular complexity index is 666. The van der Waals surface area contributed by atoms with E-state index >= 15 is 0 Å². The minimum atomic E-state index is -4.53. The summed E-state index contributed by atoms with van der Waals surface area (Å²) in [5.41, 5.74) is 0.344. The lowest BCUT2D eigenvalue weighted by Crippen LogP contribution is -2.59. The van der Waals surface area contributed by atoms with E-state index in [0.717, 1.165) is 11.9 Å². The van der Waals surface area contributed by atoms with Crippen LogP contribution in [0.1, 0.15) is 33.6 Å². The number of carbonyl (C=O) groups excluding carboxylic acids is 3. The normalized spacial score (nSPS) is 25.1. The number of rotatable bonds is 1. The first kappa shape index (κ1) is 15.5. The van der Waals surface area contributed by atoms with Crippen LogP contribution in [-0.2, 0) is 4.79 Å². The summed E-state index contributed by atoms with van der Waals surface area (Å²) in [7, 11) is 1.05. The molecule has 1 aromatic rings. The van der Waals surface area contributed by atoms with Crippen molar-refractivity contribution in [3.8, 4) is 0 Å². The van der Waals surface area contributed by atoms with Gasteiger partial charge >= 0.3 is 6.18 Å². The van der Waals surface area contributed by atoms with Crippen LogP contribution < -0.4 is 0 Å². The van der Waals surface area contributed by atoms with E-state index in [2.05, 4.69) is 0 Å². The molecule has 0 aliphatic carbocycles. The molecule has 0 N–H and O–H groups in total. The fourth-order valence-electron chi connectivity index (χ4n) is 3.14. The molecule has 8 heteroatoms. The first-order chi connectivity index (χ1) is 10.7. The van der Waals surface area contributed by atoms with Crippen LogP contribution in [0.15, 0.2) is 24.3 Å². The predicted octanol–water partition coefficient (Wildman–Crippen LogP) is 1.83. The summed E-state index contributed by atoms with van der Waals surface area (Å²) >= 11 is 0. The van der Waals surface area contributed by atoms with Crippen molar-refractivity contribution in [2.45, 2.75) is 31.1 Å². The fraction of sp³-hybridized carbons (Fsp3) is 0.400. The Morgan fingerprint density at radius 3 is 2.00 bits per heavy atom. The molecule has 0 radical (unpaired) electrons. The molecule has 5 nitrogen and oxygen atoms in total. The summed E-state index contributed by atoms with van der Waals surface area (Å²) in [5.74, 6) is -2.14. The van der Waals surface area contributed by atoms with Crippen molar-refractivity contribution in [3.63, 3.8) is 0 Å². The highest BCUT2D eigenvalue weighted by Crippen LogP contribution is 2.35. The summed E-state index contributed by atoms with van der Waals surface area (Å²) in [6.07, 6.45) is -5.07. The Hall–Kier alpha value is -2.38. The van der Waals surface area contributed by atoms with Gasteiger partial charge in [-0.05, 0) is 25.0 Å². The maximum atomic E-state index is 12.9. The Morgan fingerprint density at radius 2 is 1.52 bits per heavy atom. The number of piperidine rings is 1. The highest BCUT2D eigenvalue weighted by molar-refractivity contribution is 6.22. The second-order valence-electron chi connectivity index (χ2n) is 5.63. The molecule has 2 aliphatic rings. The third kappa shape index (κ3) is 2.29. The molecule has 0 aromatic heterocycles. The predicted molar refractivity (Wildman–Crippen MR) is 72.6 cm³/mol. The average molecular weight is 326 g/mol. The lowest BCUT2D eigenvalue weighted by atomic mass is 9.96. The third-order valence-electron chi connectivity index (χ3n) is 4.33. The number of alkyl halides is 3. The smallest absolute Gasteiger partial charge is 0.332 e. The quantitative estimate of drug-likeness (QED) is 0.740. The van der Waals surface area contributed by atoms with Crippen molar-refractivity contribution in [1.82, 2.24) is 9.80 Å². The maximum absolute atomic E-state index is 12.9. The van der Waals surface area contributed by atoms with E-state index in [4.69, 9.17) is 0 Å². The summed E-state index contributed by atoms with van der Waals surface area (Å²) in [5, 5.41) is 0. The van der Waals surface area contributed by atoms with Crippen LogP contribution in [0, 0.1) is 0 Å². The number of nitrogens with zero attached hydrogens (tertiary/aromatic N) is 2. The monoisotopic (exact) mass is 326 g/mol. The fourth-order valence-corrected chi connectivity index (χ4v) is 3.14. The number of benzene rings is 1. The van der Waals surface area contributed by atoms with E-state index in [1.54, 1.807) is 12.1 Å². The maximum Gasteiger partial charge on any atom is 0.408 e. The Balaban J connectivity index is 1.89. The molecule has 1 fully saturated rings. The zero-order chi connectivity index (χ0) is 16.9. The Labute approximate surface area is 129 Å². The molecule has 0 unspecified atom stereocenters. The molecular weight excluding hydrogens is 313 g/mol. The summed E-state index contributed by atoms with van der Waals surface area (Å²) in [6.45, 7) is 0. The van der Waals surface area contributed by atoms with Gasteiger partial charge < -0.3 is 4.90 Å². The molecule has 1 aromatic carbocycles. The van der Waals surface area contributed by atoms with Gasteiger partial charge in [-0.15, -0.1) is 0 Å². The third-order valence-corrected chi connectivity index (χ3v) is 4.33. The average Bonchev–Trinajstić information content (AvgIpc) is 2.73. The molecule has 2 aliphatic heterocycles. The van der Waals surface area contributed by atoms with Crippen molar-refractivity contribution in [1.29, 1.82) is 0 Å². The highest BCUT2D eigenvalue weighted by atomic mass is 19.4. The van der Waals surface area contributed by atoms with Crippen LogP contribution in [0.5, 0.6) is 0 Å². The number of amides is 3. The van der Waals surface area contributed by atoms with E-state index in [-0.39, 0.29) is 24.0 Å². The van der Waals surface area contributed by atoms with E-state index in [9.17, 15) is 27.6 Å². The van der Waals surface area contributed by atoms with Crippen molar-refractivity contribution in [3.05, 3.63) is 35.4 Å². The number of imide groups is 1. The van der Waals surface area contributed by atoms with Crippen LogP contribution in [0.25, 0.3) is 0 Å². The summed E-state index contributed by atoms with van der Waals surface area (Å²) < 4.78 is 38.7. The number of carbonyl (C=O) groups is 3. The van der Waals surface area contributed by atoms with Gasteiger partial charge in [-0.3, -0.25) is 19.3 Å². The Morgan fingerprint density at radius 1 is 1.00 bits per heavy atom. The van der Waals surface area contributed by atoms with Gasteiger partial charge in [0.25, 0.3) is 11.8 Å². The van der Waals surface area contributed by atoms with Crippen LogP contribution in [0.4, 0.5) is 13.2 Å². The number of fused-ring (bicyclic) bond motifs is 1. The summed E-state index contributed by atoms with van der Waals surface area (Å²) in [4.78, 5) is 38.4. The zero-order valence-electron chi connectivity index (χ0n) is 12.1. The van der Waals surface area contributed by atoms with Gasteiger partial charge in [0.1, 0.15) is 12.1 Å². The van der Waals surface area contributed by atoms with Gasteiger partial charge in [0.2, 0.25) is 5.91 Å². The molecule has 0 bridgehead atoms. The van der Waals surface area contributed by atoms with Crippen LogP contribution >= 0.6 is 0 Å². The van der Waals surface area contributed by atoms with Crippen LogP contribution in [0.3, 0.4) is 0 Å². The van der Waals surface area contributed by atoms with E-state index in [1.165, 1.54) is 12.1 Å². The first-order valence-corrected chi connectivity index (χ1v) is 7.03. The van der Waals surface area contributed by atoms with Crippen molar-refractivity contribution in [2.24, 2.45) is 0 Å². The molecule has 2 heterocycles. The lowest BCUT2D eigenvalue weighted by Gasteiger charge is -2.39. The van der Waals surface area contributed by atoms with Crippen LogP contribution in [0.2, 0.25) is 0 Å². The largest absolute Gasteiger partial charge is 0.408 e. The zero-order valence-corrected chi connectivity index (χ0v) is 12.1. The van der Waals surface area contributed by atoms with Gasteiger partial charge in [-0.1, -0.05) is 12.1 Å². The molecule has 23 heavy (non-hydrogen) atoms. The van der Waals surface area contributed by atoms with Crippen molar-refractivity contribution in [2.75, 3.05) is 7.05 Å². The van der Waals surface area contributed by atoms with Crippen molar-refractivity contribution >= 4 is 17.7 Å². The number of hydrogen-bond acceptors (Lipinski definition) is 3. The number of hydrogen-bond donors (Lipinski definition) is 0. The van der Waals surface area contributed by atoms with Gasteiger partial charge in [-0.2, -0.15) is 13.2 Å². The molecule has 1 saturated heterocycles. The van der Waals surface area contributed by atoms with E-state index < -0.39 is 36.0 Å². The van der Waals surface area contributed by atoms with Crippen molar-refractivity contribution < 1.29 is 27.6 Å². The molecular formula is C15H13F3N2O3. The topological polar surface area (TPSA) is 57.7 Å². The molecule has 3 amide bonds. The number of likely N-dealkylation sites (N-methyl/N-ethyl adjacent to an activating group) is 1. The SMILES string of the molecule is CN1C(=O)[C@@H](N2C(=O)c3ccccc3C2=O)CC[C@@H]1C(F)(F)F. The summed E-state index contributed by atoms with van der Waals surface area (Å²) in [6, 6.07) is 3.02. The molecule has 122 valence electrons. The lowest BCUT2D eigenvalue weighted by molar-refractivity contribution is -0.195. The minimum Gasteiger partial charge on any atom is -0.332 e. The Kier molecular flexibility index (Phi) is 3.42. The molecule has 0 saturated carbocycles. The molecule has 0 spiro atoms. The molecule has 2 atom stereocenters. The highest BCUT2D eigenvalue weighted by Gasteiger charge is 2.52. The van der Waals surface area contributed by atoms with Gasteiger partial charge in [-0.25, -0.2) is 0 Å². The van der Waals surface area contributed by atoms with Gasteiger partial charge in [0.15, 0.2) is 0 Å². The van der Waals surface area contributed by atoms with Crippen LogP contribution in [-0.4, -0.2) is 52.8 Å². The number of halogens is 3. The second-order valence-corrected chi connectivity index (χ2v) is 5.63. The van der Waals surface area contributed by atoms with E-state index in [0.29, 0.717) is 4.90 Å². The number of likely N-dealkylation sites (tertiary alicyclic amines) is 1. The minimum absolute atomic E-state index is 0.172. The second kappa shape index (κ2) is 5.07. The molecule has 3 rings (SSSR count). The first-order valence-electron chi connectivity index (χ1n) is 7.03.